The summed E-state index contributed by atoms with van der Waals surface area (Å²) in [5.74, 6) is 2.29. The van der Waals surface area contributed by atoms with Gasteiger partial charge >= 0.3 is 0 Å². The van der Waals surface area contributed by atoms with E-state index in [0.717, 1.165) is 30.8 Å². The minimum absolute atomic E-state index is 0.151. The molecule has 1 aliphatic rings. The molecular weight excluding hydrogens is 172 g/mol. The zero-order chi connectivity index (χ0) is 10.8. The van der Waals surface area contributed by atoms with E-state index in [1.165, 1.54) is 12.8 Å². The van der Waals surface area contributed by atoms with E-state index in [0.29, 0.717) is 0 Å². The van der Waals surface area contributed by atoms with Gasteiger partial charge in [0, 0.05) is 12.1 Å². The predicted molar refractivity (Wildman–Crippen MR) is 62.2 cm³/mol. The predicted octanol–water partition coefficient (Wildman–Crippen LogP) is 2.00. The first-order valence-corrected chi connectivity index (χ1v) is 5.94. The minimum atomic E-state index is 0.151. The maximum atomic E-state index is 6.02. The molecule has 0 aromatic rings. The lowest BCUT2D eigenvalue weighted by atomic mass is 9.85. The molecule has 14 heavy (non-hydrogen) atoms. The Kier molecular flexibility index (Phi) is 3.96. The maximum Gasteiger partial charge on any atom is 0.0282 e. The van der Waals surface area contributed by atoms with Gasteiger partial charge in [-0.05, 0) is 37.1 Å². The van der Waals surface area contributed by atoms with E-state index in [1.54, 1.807) is 0 Å². The third kappa shape index (κ3) is 3.58. The van der Waals surface area contributed by atoms with Gasteiger partial charge in [0.1, 0.15) is 0 Å². The molecule has 1 rings (SSSR count). The van der Waals surface area contributed by atoms with E-state index in [1.807, 2.05) is 0 Å². The molecule has 0 unspecified atom stereocenters. The van der Waals surface area contributed by atoms with Crippen molar-refractivity contribution in [2.24, 2.45) is 23.5 Å². The molecule has 2 nitrogen and oxygen atoms in total. The normalized spacial score (nSPS) is 19.7. The highest BCUT2D eigenvalue weighted by molar-refractivity contribution is 5.00. The standard InChI is InChI=1S/C12H26N2/c1-9(2)11(10(3)4)7-14-8-12(13)5-6-12/h9-11,14H,5-8,13H2,1-4H3. The first-order valence-electron chi connectivity index (χ1n) is 5.94. The molecule has 1 aliphatic carbocycles. The molecule has 0 saturated heterocycles. The van der Waals surface area contributed by atoms with E-state index in [2.05, 4.69) is 33.0 Å². The molecule has 84 valence electrons. The van der Waals surface area contributed by atoms with E-state index in [9.17, 15) is 0 Å². The molecule has 1 saturated carbocycles. The summed E-state index contributed by atoms with van der Waals surface area (Å²) in [7, 11) is 0. The molecule has 0 aliphatic heterocycles. The van der Waals surface area contributed by atoms with Crippen molar-refractivity contribution in [3.63, 3.8) is 0 Å². The second-order valence-electron chi connectivity index (χ2n) is 5.65. The van der Waals surface area contributed by atoms with Crippen LogP contribution in [-0.4, -0.2) is 18.6 Å². The Bertz CT molecular complexity index is 163. The first kappa shape index (κ1) is 12.0. The van der Waals surface area contributed by atoms with E-state index in [4.69, 9.17) is 5.73 Å². The van der Waals surface area contributed by atoms with Crippen LogP contribution >= 0.6 is 0 Å². The molecule has 2 heteroatoms. The van der Waals surface area contributed by atoms with Crippen LogP contribution in [0.5, 0.6) is 0 Å². The van der Waals surface area contributed by atoms with Crippen molar-refractivity contribution in [1.29, 1.82) is 0 Å². The Morgan fingerprint density at radius 2 is 1.64 bits per heavy atom. The van der Waals surface area contributed by atoms with Crippen LogP contribution in [0, 0.1) is 17.8 Å². The van der Waals surface area contributed by atoms with Crippen LogP contribution in [0.3, 0.4) is 0 Å². The monoisotopic (exact) mass is 198 g/mol. The number of nitrogens with two attached hydrogens (primary N) is 1. The lowest BCUT2D eigenvalue weighted by molar-refractivity contribution is 0.273. The SMILES string of the molecule is CC(C)C(CNCC1(N)CC1)C(C)C. The van der Waals surface area contributed by atoms with Crippen LogP contribution in [-0.2, 0) is 0 Å². The number of hydrogen-bond acceptors (Lipinski definition) is 2. The van der Waals surface area contributed by atoms with Crippen LogP contribution in [0.2, 0.25) is 0 Å². The Labute approximate surface area is 88.6 Å². The van der Waals surface area contributed by atoms with Crippen LogP contribution in [0.25, 0.3) is 0 Å². The second kappa shape index (κ2) is 4.63. The summed E-state index contributed by atoms with van der Waals surface area (Å²) in [6.07, 6.45) is 2.40. The van der Waals surface area contributed by atoms with Crippen molar-refractivity contribution in [3.05, 3.63) is 0 Å². The van der Waals surface area contributed by atoms with Crippen molar-refractivity contribution in [3.8, 4) is 0 Å². The highest BCUT2D eigenvalue weighted by atomic mass is 15.0. The van der Waals surface area contributed by atoms with Gasteiger partial charge in [-0.2, -0.15) is 0 Å². The zero-order valence-corrected chi connectivity index (χ0v) is 10.1. The quantitative estimate of drug-likeness (QED) is 0.685. The summed E-state index contributed by atoms with van der Waals surface area (Å²) in [4.78, 5) is 0. The van der Waals surface area contributed by atoms with Gasteiger partial charge in [0.05, 0.1) is 0 Å². The highest BCUT2D eigenvalue weighted by Gasteiger charge is 2.37. The van der Waals surface area contributed by atoms with Gasteiger partial charge in [-0.3, -0.25) is 0 Å². The number of nitrogens with one attached hydrogen (secondary N) is 1. The van der Waals surface area contributed by atoms with Crippen molar-refractivity contribution in [1.82, 2.24) is 5.32 Å². The van der Waals surface area contributed by atoms with Gasteiger partial charge in [-0.1, -0.05) is 27.7 Å². The van der Waals surface area contributed by atoms with Crippen LogP contribution < -0.4 is 11.1 Å². The molecular formula is C12H26N2. The Hall–Kier alpha value is -0.0800. The average Bonchev–Trinajstić information content (AvgIpc) is 2.77. The summed E-state index contributed by atoms with van der Waals surface area (Å²) in [6, 6.07) is 0. The molecule has 0 aromatic heterocycles. The van der Waals surface area contributed by atoms with Gasteiger partial charge in [0.25, 0.3) is 0 Å². The fourth-order valence-electron chi connectivity index (χ4n) is 2.07. The summed E-state index contributed by atoms with van der Waals surface area (Å²) in [5.41, 5.74) is 6.17. The third-order valence-electron chi connectivity index (χ3n) is 3.46. The molecule has 0 spiro atoms. The summed E-state index contributed by atoms with van der Waals surface area (Å²) >= 11 is 0. The van der Waals surface area contributed by atoms with Gasteiger partial charge in [0.2, 0.25) is 0 Å². The lowest BCUT2D eigenvalue weighted by Gasteiger charge is -2.25. The van der Waals surface area contributed by atoms with Crippen LogP contribution in [0.15, 0.2) is 0 Å². The first-order chi connectivity index (χ1) is 6.44. The lowest BCUT2D eigenvalue weighted by Crippen LogP contribution is -2.39. The molecule has 0 radical (unpaired) electrons. The smallest absolute Gasteiger partial charge is 0.0282 e. The van der Waals surface area contributed by atoms with Gasteiger partial charge < -0.3 is 11.1 Å². The van der Waals surface area contributed by atoms with E-state index in [-0.39, 0.29) is 5.54 Å². The molecule has 0 atom stereocenters. The van der Waals surface area contributed by atoms with Gasteiger partial charge in [-0.25, -0.2) is 0 Å². The number of rotatable bonds is 6. The van der Waals surface area contributed by atoms with Crippen LogP contribution in [0.4, 0.5) is 0 Å². The zero-order valence-electron chi connectivity index (χ0n) is 10.1. The average molecular weight is 198 g/mol. The van der Waals surface area contributed by atoms with Crippen molar-refractivity contribution >= 4 is 0 Å². The molecule has 0 aromatic carbocycles. The molecule has 1 fully saturated rings. The van der Waals surface area contributed by atoms with Gasteiger partial charge in [-0.15, -0.1) is 0 Å². The van der Waals surface area contributed by atoms with Crippen LogP contribution in [0.1, 0.15) is 40.5 Å². The summed E-state index contributed by atoms with van der Waals surface area (Å²) < 4.78 is 0. The molecule has 0 heterocycles. The number of hydrogen-bond donors (Lipinski definition) is 2. The Morgan fingerprint density at radius 3 is 2.00 bits per heavy atom. The fourth-order valence-corrected chi connectivity index (χ4v) is 2.07. The Balaban J connectivity index is 2.19. The molecule has 0 bridgehead atoms. The third-order valence-corrected chi connectivity index (χ3v) is 3.46. The summed E-state index contributed by atoms with van der Waals surface area (Å²) in [5, 5.41) is 3.53. The molecule has 0 amide bonds. The van der Waals surface area contributed by atoms with E-state index >= 15 is 0 Å². The largest absolute Gasteiger partial charge is 0.324 e. The fraction of sp³-hybridized carbons (Fsp3) is 1.00. The highest BCUT2D eigenvalue weighted by Crippen LogP contribution is 2.31. The van der Waals surface area contributed by atoms with Crippen molar-refractivity contribution in [2.75, 3.05) is 13.1 Å². The summed E-state index contributed by atoms with van der Waals surface area (Å²) in [6.45, 7) is 11.4. The second-order valence-corrected chi connectivity index (χ2v) is 5.65. The minimum Gasteiger partial charge on any atom is -0.324 e. The van der Waals surface area contributed by atoms with Gasteiger partial charge in [0.15, 0.2) is 0 Å². The molecule has 3 N–H and O–H groups in total. The van der Waals surface area contributed by atoms with E-state index < -0.39 is 0 Å². The topological polar surface area (TPSA) is 38.0 Å². The van der Waals surface area contributed by atoms with Crippen molar-refractivity contribution in [2.45, 2.75) is 46.1 Å². The maximum absolute atomic E-state index is 6.02. The Morgan fingerprint density at radius 1 is 1.14 bits per heavy atom. The van der Waals surface area contributed by atoms with Crippen molar-refractivity contribution < 1.29 is 0 Å².